The van der Waals surface area contributed by atoms with Crippen LogP contribution in [0.4, 0.5) is 8.78 Å². The highest BCUT2D eigenvalue weighted by Gasteiger charge is 2.20. The monoisotopic (exact) mass is 257 g/mol. The summed E-state index contributed by atoms with van der Waals surface area (Å²) in [4.78, 5) is 11.8. The zero-order valence-electron chi connectivity index (χ0n) is 10.0. The highest BCUT2D eigenvalue weighted by atomic mass is 19.3. The third-order valence-electron chi connectivity index (χ3n) is 3.13. The first-order valence-electron chi connectivity index (χ1n) is 6.12. The Kier molecular flexibility index (Phi) is 4.30. The molecule has 2 rings (SSSR count). The number of nitrogens with zero attached hydrogens (tertiary/aromatic N) is 1. The Morgan fingerprint density at radius 2 is 2.22 bits per heavy atom. The molecule has 1 aliphatic rings. The molecule has 2 heterocycles. The van der Waals surface area contributed by atoms with Crippen LogP contribution in [-0.2, 0) is 0 Å². The minimum atomic E-state index is -2.52. The largest absolute Gasteiger partial charge is 0.345 e. The van der Waals surface area contributed by atoms with Gasteiger partial charge in [-0.05, 0) is 38.1 Å². The summed E-state index contributed by atoms with van der Waals surface area (Å²) >= 11 is 0. The highest BCUT2D eigenvalue weighted by molar-refractivity contribution is 5.92. The van der Waals surface area contributed by atoms with E-state index in [0.717, 1.165) is 25.9 Å². The molecule has 0 bridgehead atoms. The van der Waals surface area contributed by atoms with Crippen molar-refractivity contribution in [1.29, 1.82) is 0 Å². The SMILES string of the molecule is O=C(NCC(F)F)c1cccn1C1CCNCC1. The van der Waals surface area contributed by atoms with Gasteiger partial charge in [-0.2, -0.15) is 0 Å². The molecule has 0 aromatic carbocycles. The van der Waals surface area contributed by atoms with Gasteiger partial charge < -0.3 is 15.2 Å². The van der Waals surface area contributed by atoms with Crippen LogP contribution < -0.4 is 10.6 Å². The number of halogens is 2. The summed E-state index contributed by atoms with van der Waals surface area (Å²) in [5, 5.41) is 5.49. The van der Waals surface area contributed by atoms with Gasteiger partial charge in [-0.1, -0.05) is 0 Å². The number of aromatic nitrogens is 1. The van der Waals surface area contributed by atoms with Gasteiger partial charge >= 0.3 is 0 Å². The molecule has 1 saturated heterocycles. The summed E-state index contributed by atoms with van der Waals surface area (Å²) in [5.74, 6) is -0.432. The Morgan fingerprint density at radius 1 is 1.50 bits per heavy atom. The molecule has 1 fully saturated rings. The molecule has 6 heteroatoms. The fraction of sp³-hybridized carbons (Fsp3) is 0.583. The van der Waals surface area contributed by atoms with Crippen molar-refractivity contribution in [2.75, 3.05) is 19.6 Å². The van der Waals surface area contributed by atoms with Crippen molar-refractivity contribution >= 4 is 5.91 Å². The van der Waals surface area contributed by atoms with Crippen molar-refractivity contribution in [3.63, 3.8) is 0 Å². The molecule has 0 saturated carbocycles. The van der Waals surface area contributed by atoms with E-state index in [4.69, 9.17) is 0 Å². The molecule has 0 spiro atoms. The van der Waals surface area contributed by atoms with Crippen LogP contribution in [-0.4, -0.2) is 36.5 Å². The molecular formula is C12H17F2N3O. The fourth-order valence-corrected chi connectivity index (χ4v) is 2.25. The normalized spacial score (nSPS) is 17.1. The topological polar surface area (TPSA) is 46.1 Å². The van der Waals surface area contributed by atoms with Crippen molar-refractivity contribution in [1.82, 2.24) is 15.2 Å². The number of carbonyl (C=O) groups is 1. The number of rotatable bonds is 4. The maximum Gasteiger partial charge on any atom is 0.268 e. The van der Waals surface area contributed by atoms with Gasteiger partial charge in [0.2, 0.25) is 0 Å². The standard InChI is InChI=1S/C12H17F2N3O/c13-11(14)8-16-12(18)10-2-1-7-17(10)9-3-5-15-6-4-9/h1-2,7,9,11,15H,3-6,8H2,(H,16,18). The van der Waals surface area contributed by atoms with Gasteiger partial charge in [-0.15, -0.1) is 0 Å². The van der Waals surface area contributed by atoms with E-state index in [1.807, 2.05) is 10.8 Å². The first kappa shape index (κ1) is 13.0. The molecule has 0 atom stereocenters. The average molecular weight is 257 g/mol. The van der Waals surface area contributed by atoms with Crippen LogP contribution in [0.1, 0.15) is 29.4 Å². The highest BCUT2D eigenvalue weighted by Crippen LogP contribution is 2.21. The quantitative estimate of drug-likeness (QED) is 0.856. The van der Waals surface area contributed by atoms with Gasteiger partial charge in [0.1, 0.15) is 5.69 Å². The lowest BCUT2D eigenvalue weighted by Crippen LogP contribution is -2.33. The van der Waals surface area contributed by atoms with Crippen molar-refractivity contribution < 1.29 is 13.6 Å². The Bertz CT molecular complexity index is 400. The summed E-state index contributed by atoms with van der Waals surface area (Å²) in [6.45, 7) is 1.23. The van der Waals surface area contributed by atoms with Gasteiger partial charge in [0.25, 0.3) is 12.3 Å². The molecule has 18 heavy (non-hydrogen) atoms. The number of amides is 1. The number of hydrogen-bond donors (Lipinski definition) is 2. The van der Waals surface area contributed by atoms with E-state index in [2.05, 4.69) is 10.6 Å². The number of alkyl halides is 2. The number of hydrogen-bond acceptors (Lipinski definition) is 2. The predicted molar refractivity (Wildman–Crippen MR) is 63.9 cm³/mol. The third kappa shape index (κ3) is 3.07. The molecule has 0 radical (unpaired) electrons. The lowest BCUT2D eigenvalue weighted by Gasteiger charge is -2.25. The van der Waals surface area contributed by atoms with E-state index in [1.165, 1.54) is 0 Å². The van der Waals surface area contributed by atoms with E-state index in [1.54, 1.807) is 12.1 Å². The Morgan fingerprint density at radius 3 is 2.89 bits per heavy atom. The molecule has 100 valence electrons. The predicted octanol–water partition coefficient (Wildman–Crippen LogP) is 1.41. The van der Waals surface area contributed by atoms with Crippen LogP contribution in [0, 0.1) is 0 Å². The van der Waals surface area contributed by atoms with Crippen LogP contribution in [0.5, 0.6) is 0 Å². The zero-order valence-corrected chi connectivity index (χ0v) is 10.0. The number of carbonyl (C=O) groups excluding carboxylic acids is 1. The van der Waals surface area contributed by atoms with E-state index in [9.17, 15) is 13.6 Å². The molecule has 2 N–H and O–H groups in total. The van der Waals surface area contributed by atoms with E-state index < -0.39 is 18.9 Å². The second-order valence-corrected chi connectivity index (χ2v) is 4.38. The van der Waals surface area contributed by atoms with Crippen molar-refractivity contribution in [3.05, 3.63) is 24.0 Å². The second-order valence-electron chi connectivity index (χ2n) is 4.38. The Hall–Kier alpha value is -1.43. The van der Waals surface area contributed by atoms with Gasteiger partial charge in [-0.25, -0.2) is 8.78 Å². The smallest absolute Gasteiger partial charge is 0.268 e. The molecule has 0 unspecified atom stereocenters. The van der Waals surface area contributed by atoms with Gasteiger partial charge in [-0.3, -0.25) is 4.79 Å². The van der Waals surface area contributed by atoms with Crippen molar-refractivity contribution in [3.8, 4) is 0 Å². The lowest BCUT2D eigenvalue weighted by atomic mass is 10.1. The van der Waals surface area contributed by atoms with Crippen LogP contribution in [0.15, 0.2) is 18.3 Å². The van der Waals surface area contributed by atoms with Crippen LogP contribution in [0.3, 0.4) is 0 Å². The first-order valence-corrected chi connectivity index (χ1v) is 6.12. The summed E-state index contributed by atoms with van der Waals surface area (Å²) in [7, 11) is 0. The van der Waals surface area contributed by atoms with Crippen LogP contribution in [0.2, 0.25) is 0 Å². The van der Waals surface area contributed by atoms with Crippen molar-refractivity contribution in [2.45, 2.75) is 25.3 Å². The minimum absolute atomic E-state index is 0.272. The maximum absolute atomic E-state index is 12.1. The minimum Gasteiger partial charge on any atom is -0.345 e. The second kappa shape index (κ2) is 5.95. The molecular weight excluding hydrogens is 240 g/mol. The fourth-order valence-electron chi connectivity index (χ4n) is 2.25. The number of nitrogens with one attached hydrogen (secondary N) is 2. The lowest BCUT2D eigenvalue weighted by molar-refractivity contribution is 0.0879. The molecule has 0 aliphatic carbocycles. The summed E-state index contributed by atoms with van der Waals surface area (Å²) in [5.41, 5.74) is 0.461. The third-order valence-corrected chi connectivity index (χ3v) is 3.13. The van der Waals surface area contributed by atoms with E-state index >= 15 is 0 Å². The molecule has 1 amide bonds. The zero-order chi connectivity index (χ0) is 13.0. The molecule has 1 aromatic rings. The molecule has 1 aromatic heterocycles. The van der Waals surface area contributed by atoms with Gasteiger partial charge in [0.05, 0.1) is 6.54 Å². The van der Waals surface area contributed by atoms with Gasteiger partial charge in [0.15, 0.2) is 0 Å². The Labute approximate surface area is 104 Å². The maximum atomic E-state index is 12.1. The van der Waals surface area contributed by atoms with E-state index in [0.29, 0.717) is 5.69 Å². The van der Waals surface area contributed by atoms with Crippen LogP contribution >= 0.6 is 0 Å². The Balaban J connectivity index is 2.04. The summed E-state index contributed by atoms with van der Waals surface area (Å²) in [6.07, 6.45) is 1.22. The van der Waals surface area contributed by atoms with Crippen LogP contribution in [0.25, 0.3) is 0 Å². The number of piperidine rings is 1. The molecule has 4 nitrogen and oxygen atoms in total. The molecule has 1 aliphatic heterocycles. The first-order chi connectivity index (χ1) is 8.68. The summed E-state index contributed by atoms with van der Waals surface area (Å²) < 4.78 is 26.0. The summed E-state index contributed by atoms with van der Waals surface area (Å²) in [6, 6.07) is 3.72. The van der Waals surface area contributed by atoms with Gasteiger partial charge in [0, 0.05) is 12.2 Å². The van der Waals surface area contributed by atoms with Crippen molar-refractivity contribution in [2.24, 2.45) is 0 Å². The van der Waals surface area contributed by atoms with E-state index in [-0.39, 0.29) is 6.04 Å². The average Bonchev–Trinajstić information content (AvgIpc) is 2.86.